The van der Waals surface area contributed by atoms with Crippen molar-refractivity contribution in [2.24, 2.45) is 0 Å². The third kappa shape index (κ3) is 4.81. The number of hydrogen-bond donors (Lipinski definition) is 1. The van der Waals surface area contributed by atoms with Gasteiger partial charge in [-0.3, -0.25) is 9.69 Å². The van der Waals surface area contributed by atoms with Gasteiger partial charge in [0.25, 0.3) is 5.91 Å². The summed E-state index contributed by atoms with van der Waals surface area (Å²) in [5.74, 6) is -0.0668. The average Bonchev–Trinajstić information content (AvgIpc) is 2.62. The zero-order valence-electron chi connectivity index (χ0n) is 13.5. The van der Waals surface area contributed by atoms with E-state index < -0.39 is 0 Å². The quantitative estimate of drug-likeness (QED) is 0.906. The van der Waals surface area contributed by atoms with Crippen molar-refractivity contribution in [2.75, 3.05) is 26.3 Å². The largest absolute Gasteiger partial charge is 0.379 e. The Balaban J connectivity index is 1.52. The summed E-state index contributed by atoms with van der Waals surface area (Å²) < 4.78 is 5.36. The van der Waals surface area contributed by atoms with Gasteiger partial charge >= 0.3 is 0 Å². The van der Waals surface area contributed by atoms with Gasteiger partial charge in [0, 0.05) is 36.8 Å². The van der Waals surface area contributed by atoms with Crippen molar-refractivity contribution >= 4 is 17.5 Å². The van der Waals surface area contributed by atoms with Gasteiger partial charge in [-0.15, -0.1) is 0 Å². The summed E-state index contributed by atoms with van der Waals surface area (Å²) in [7, 11) is 0. The lowest BCUT2D eigenvalue weighted by Gasteiger charge is -2.26. The first-order valence-electron chi connectivity index (χ1n) is 8.12. The Morgan fingerprint density at radius 3 is 2.29 bits per heavy atom. The van der Waals surface area contributed by atoms with Gasteiger partial charge in [-0.05, 0) is 35.4 Å². The Morgan fingerprint density at radius 1 is 1.00 bits per heavy atom. The highest BCUT2D eigenvalue weighted by Gasteiger charge is 2.11. The Labute approximate surface area is 147 Å². The minimum atomic E-state index is -0.0668. The highest BCUT2D eigenvalue weighted by atomic mass is 35.5. The van der Waals surface area contributed by atoms with Gasteiger partial charge in [0.05, 0.1) is 13.2 Å². The summed E-state index contributed by atoms with van der Waals surface area (Å²) in [4.78, 5) is 14.6. The summed E-state index contributed by atoms with van der Waals surface area (Å²) >= 11 is 5.86. The van der Waals surface area contributed by atoms with Crippen molar-refractivity contribution in [3.8, 4) is 0 Å². The normalized spacial score (nSPS) is 15.2. The number of morpholine rings is 1. The Bertz CT molecular complexity index is 665. The molecule has 0 bridgehead atoms. The van der Waals surface area contributed by atoms with Crippen LogP contribution in [0.4, 0.5) is 0 Å². The van der Waals surface area contributed by atoms with Crippen LogP contribution in [-0.4, -0.2) is 37.1 Å². The standard InChI is InChI=1S/C19H21ClN2O2/c20-18-7-3-15(4-8-18)13-21-19(23)17-5-1-16(2-6-17)14-22-9-11-24-12-10-22/h1-8H,9-14H2,(H,21,23). The van der Waals surface area contributed by atoms with Crippen LogP contribution in [0.3, 0.4) is 0 Å². The van der Waals surface area contributed by atoms with E-state index in [0.717, 1.165) is 38.4 Å². The molecule has 0 atom stereocenters. The molecule has 0 radical (unpaired) electrons. The second kappa shape index (κ2) is 8.29. The SMILES string of the molecule is O=C(NCc1ccc(Cl)cc1)c1ccc(CN2CCOCC2)cc1. The lowest BCUT2D eigenvalue weighted by molar-refractivity contribution is 0.0342. The monoisotopic (exact) mass is 344 g/mol. The van der Waals surface area contributed by atoms with Gasteiger partial charge in [-0.2, -0.15) is 0 Å². The molecule has 1 saturated heterocycles. The first kappa shape index (κ1) is 17.0. The number of amides is 1. The third-order valence-electron chi connectivity index (χ3n) is 4.09. The molecule has 3 rings (SSSR count). The molecule has 0 saturated carbocycles. The maximum atomic E-state index is 12.2. The Morgan fingerprint density at radius 2 is 1.62 bits per heavy atom. The van der Waals surface area contributed by atoms with Crippen molar-refractivity contribution in [3.05, 3.63) is 70.2 Å². The van der Waals surface area contributed by atoms with Crippen LogP contribution in [0, 0.1) is 0 Å². The summed E-state index contributed by atoms with van der Waals surface area (Å²) in [6.45, 7) is 4.91. The topological polar surface area (TPSA) is 41.6 Å². The molecule has 4 nitrogen and oxygen atoms in total. The minimum Gasteiger partial charge on any atom is -0.379 e. The van der Waals surface area contributed by atoms with Crippen LogP contribution in [0.2, 0.25) is 5.02 Å². The summed E-state index contributed by atoms with van der Waals surface area (Å²) in [5, 5.41) is 3.62. The molecule has 5 heteroatoms. The van der Waals surface area contributed by atoms with Gasteiger partial charge < -0.3 is 10.1 Å². The zero-order valence-corrected chi connectivity index (χ0v) is 14.3. The van der Waals surface area contributed by atoms with Gasteiger partial charge in [-0.1, -0.05) is 35.9 Å². The molecule has 1 aliphatic rings. The number of hydrogen-bond acceptors (Lipinski definition) is 3. The van der Waals surface area contributed by atoms with E-state index in [1.54, 1.807) is 0 Å². The zero-order chi connectivity index (χ0) is 16.8. The van der Waals surface area contributed by atoms with Gasteiger partial charge in [-0.25, -0.2) is 0 Å². The molecule has 1 N–H and O–H groups in total. The number of benzene rings is 2. The second-order valence-electron chi connectivity index (χ2n) is 5.89. The fourth-order valence-electron chi connectivity index (χ4n) is 2.67. The molecule has 0 spiro atoms. The van der Waals surface area contributed by atoms with Crippen LogP contribution in [-0.2, 0) is 17.8 Å². The van der Waals surface area contributed by atoms with E-state index in [1.807, 2.05) is 48.5 Å². The summed E-state index contributed by atoms with van der Waals surface area (Å²) in [6.07, 6.45) is 0. The molecule has 126 valence electrons. The summed E-state index contributed by atoms with van der Waals surface area (Å²) in [6, 6.07) is 15.3. The molecule has 0 unspecified atom stereocenters. The first-order chi connectivity index (χ1) is 11.7. The highest BCUT2D eigenvalue weighted by Crippen LogP contribution is 2.11. The molecule has 1 aliphatic heterocycles. The third-order valence-corrected chi connectivity index (χ3v) is 4.34. The van der Waals surface area contributed by atoms with Crippen LogP contribution >= 0.6 is 11.6 Å². The number of nitrogens with one attached hydrogen (secondary N) is 1. The molecule has 1 heterocycles. The smallest absolute Gasteiger partial charge is 0.251 e. The predicted octanol–water partition coefficient (Wildman–Crippen LogP) is 3.10. The molecule has 0 aliphatic carbocycles. The van der Waals surface area contributed by atoms with Crippen molar-refractivity contribution in [1.82, 2.24) is 10.2 Å². The van der Waals surface area contributed by atoms with Crippen LogP contribution in [0.1, 0.15) is 21.5 Å². The van der Waals surface area contributed by atoms with Crippen molar-refractivity contribution in [1.29, 1.82) is 0 Å². The number of halogens is 1. The van der Waals surface area contributed by atoms with Crippen molar-refractivity contribution in [2.45, 2.75) is 13.1 Å². The van der Waals surface area contributed by atoms with E-state index in [2.05, 4.69) is 10.2 Å². The minimum absolute atomic E-state index is 0.0668. The van der Waals surface area contributed by atoms with Crippen LogP contribution in [0.5, 0.6) is 0 Å². The van der Waals surface area contributed by atoms with Crippen LogP contribution < -0.4 is 5.32 Å². The van der Waals surface area contributed by atoms with Crippen LogP contribution in [0.15, 0.2) is 48.5 Å². The van der Waals surface area contributed by atoms with Crippen molar-refractivity contribution in [3.63, 3.8) is 0 Å². The number of ether oxygens (including phenoxy) is 1. The van der Waals surface area contributed by atoms with E-state index in [4.69, 9.17) is 16.3 Å². The first-order valence-corrected chi connectivity index (χ1v) is 8.50. The molecule has 2 aromatic rings. The molecule has 1 amide bonds. The summed E-state index contributed by atoms with van der Waals surface area (Å²) in [5.41, 5.74) is 2.91. The molecular weight excluding hydrogens is 324 g/mol. The van der Waals surface area contributed by atoms with Gasteiger partial charge in [0.15, 0.2) is 0 Å². The average molecular weight is 345 g/mol. The Hall–Kier alpha value is -1.88. The molecule has 1 fully saturated rings. The lowest BCUT2D eigenvalue weighted by Crippen LogP contribution is -2.35. The maximum Gasteiger partial charge on any atom is 0.251 e. The fraction of sp³-hybridized carbons (Fsp3) is 0.316. The van der Waals surface area contributed by atoms with Gasteiger partial charge in [0.1, 0.15) is 0 Å². The number of carbonyl (C=O) groups excluding carboxylic acids is 1. The van der Waals surface area contributed by atoms with E-state index >= 15 is 0 Å². The number of carbonyl (C=O) groups is 1. The Kier molecular flexibility index (Phi) is 5.86. The van der Waals surface area contributed by atoms with E-state index in [-0.39, 0.29) is 5.91 Å². The maximum absolute atomic E-state index is 12.2. The number of nitrogens with zero attached hydrogens (tertiary/aromatic N) is 1. The lowest BCUT2D eigenvalue weighted by atomic mass is 10.1. The van der Waals surface area contributed by atoms with Gasteiger partial charge in [0.2, 0.25) is 0 Å². The predicted molar refractivity (Wildman–Crippen MR) is 95.2 cm³/mol. The highest BCUT2D eigenvalue weighted by molar-refractivity contribution is 6.30. The van der Waals surface area contributed by atoms with Crippen molar-refractivity contribution < 1.29 is 9.53 Å². The fourth-order valence-corrected chi connectivity index (χ4v) is 2.79. The van der Waals surface area contributed by atoms with Crippen LogP contribution in [0.25, 0.3) is 0 Å². The van der Waals surface area contributed by atoms with E-state index in [9.17, 15) is 4.79 Å². The van der Waals surface area contributed by atoms with E-state index in [1.165, 1.54) is 5.56 Å². The molecular formula is C19H21ClN2O2. The molecule has 24 heavy (non-hydrogen) atoms. The second-order valence-corrected chi connectivity index (χ2v) is 6.33. The number of rotatable bonds is 5. The molecule has 2 aromatic carbocycles. The van der Waals surface area contributed by atoms with E-state index in [0.29, 0.717) is 17.1 Å². The molecule has 0 aromatic heterocycles.